The lowest BCUT2D eigenvalue weighted by molar-refractivity contribution is -0.140. The SMILES string of the molecule is CCc1ccccc1N(CC(=O)N(Cc1ccc(Cl)cc1)[C@H](CC)C(=O)NC)S(C)(=O)=O. The average Bonchev–Trinajstić information content (AvgIpc) is 2.77. The molecule has 0 aliphatic rings. The van der Waals surface area contributed by atoms with Crippen LogP contribution in [0, 0.1) is 0 Å². The van der Waals surface area contributed by atoms with Crippen LogP contribution in [0.5, 0.6) is 0 Å². The molecule has 2 aromatic carbocycles. The van der Waals surface area contributed by atoms with Gasteiger partial charge in [0.15, 0.2) is 0 Å². The van der Waals surface area contributed by atoms with Crippen LogP contribution in [0.1, 0.15) is 31.4 Å². The standard InChI is InChI=1S/C23H30ClN3O4S/c1-5-18-9-7-8-10-21(18)27(32(4,30)31)16-22(28)26(20(6-2)23(29)25-3)15-17-11-13-19(24)14-12-17/h7-14,20H,5-6,15-16H2,1-4H3,(H,25,29)/t20-/m1/s1. The average molecular weight is 480 g/mol. The Hall–Kier alpha value is -2.58. The van der Waals surface area contributed by atoms with E-state index in [0.29, 0.717) is 23.6 Å². The summed E-state index contributed by atoms with van der Waals surface area (Å²) in [4.78, 5) is 27.4. The fraction of sp³-hybridized carbons (Fsp3) is 0.391. The number of rotatable bonds is 10. The molecule has 0 heterocycles. The number of para-hydroxylation sites is 1. The molecule has 0 unspecified atom stereocenters. The summed E-state index contributed by atoms with van der Waals surface area (Å²) in [5.74, 6) is -0.776. The molecule has 174 valence electrons. The lowest BCUT2D eigenvalue weighted by atomic mass is 10.1. The second kappa shape index (κ2) is 11.3. The minimum Gasteiger partial charge on any atom is -0.357 e. The van der Waals surface area contributed by atoms with Gasteiger partial charge in [-0.05, 0) is 42.2 Å². The first-order valence-electron chi connectivity index (χ1n) is 10.4. The summed E-state index contributed by atoms with van der Waals surface area (Å²) in [5.41, 5.74) is 2.06. The largest absolute Gasteiger partial charge is 0.357 e. The molecule has 0 fully saturated rings. The van der Waals surface area contributed by atoms with Crippen molar-refractivity contribution >= 4 is 39.1 Å². The molecule has 0 spiro atoms. The Morgan fingerprint density at radius 1 is 1.06 bits per heavy atom. The third-order valence-corrected chi connectivity index (χ3v) is 6.60. The second-order valence-corrected chi connectivity index (χ2v) is 9.78. The van der Waals surface area contributed by atoms with Gasteiger partial charge in [-0.1, -0.05) is 55.8 Å². The molecule has 0 aromatic heterocycles. The van der Waals surface area contributed by atoms with Gasteiger partial charge in [0, 0.05) is 18.6 Å². The Balaban J connectivity index is 2.45. The fourth-order valence-electron chi connectivity index (χ4n) is 3.52. The number of halogens is 1. The molecule has 0 bridgehead atoms. The van der Waals surface area contributed by atoms with Crippen LogP contribution in [0.25, 0.3) is 0 Å². The summed E-state index contributed by atoms with van der Waals surface area (Å²) in [6.07, 6.45) is 2.07. The number of likely N-dealkylation sites (N-methyl/N-ethyl adjacent to an activating group) is 1. The van der Waals surface area contributed by atoms with Gasteiger partial charge in [0.1, 0.15) is 12.6 Å². The quantitative estimate of drug-likeness (QED) is 0.566. The van der Waals surface area contributed by atoms with Crippen molar-refractivity contribution in [2.45, 2.75) is 39.3 Å². The van der Waals surface area contributed by atoms with Crippen molar-refractivity contribution < 1.29 is 18.0 Å². The van der Waals surface area contributed by atoms with Crippen LogP contribution in [0.2, 0.25) is 5.02 Å². The van der Waals surface area contributed by atoms with Crippen molar-refractivity contribution in [3.63, 3.8) is 0 Å². The maximum atomic E-state index is 13.5. The van der Waals surface area contributed by atoms with Crippen LogP contribution < -0.4 is 9.62 Å². The van der Waals surface area contributed by atoms with Gasteiger partial charge in [0.25, 0.3) is 0 Å². The van der Waals surface area contributed by atoms with Crippen LogP contribution in [0.3, 0.4) is 0 Å². The maximum absolute atomic E-state index is 13.5. The molecule has 2 rings (SSSR count). The zero-order valence-electron chi connectivity index (χ0n) is 18.8. The lowest BCUT2D eigenvalue weighted by Crippen LogP contribution is -2.51. The molecule has 7 nitrogen and oxygen atoms in total. The van der Waals surface area contributed by atoms with Crippen molar-refractivity contribution in [3.8, 4) is 0 Å². The number of amides is 2. The molecule has 2 aromatic rings. The highest BCUT2D eigenvalue weighted by atomic mass is 35.5. The number of sulfonamides is 1. The summed E-state index contributed by atoms with van der Waals surface area (Å²) < 4.78 is 26.4. The van der Waals surface area contributed by atoms with E-state index in [4.69, 9.17) is 11.6 Å². The molecule has 32 heavy (non-hydrogen) atoms. The van der Waals surface area contributed by atoms with Gasteiger partial charge >= 0.3 is 0 Å². The predicted octanol–water partition coefficient (Wildman–Crippen LogP) is 3.22. The molecule has 0 saturated carbocycles. The monoisotopic (exact) mass is 479 g/mol. The zero-order valence-corrected chi connectivity index (χ0v) is 20.4. The van der Waals surface area contributed by atoms with Gasteiger partial charge < -0.3 is 10.2 Å². The second-order valence-electron chi connectivity index (χ2n) is 7.44. The topological polar surface area (TPSA) is 86.8 Å². The Morgan fingerprint density at radius 2 is 1.69 bits per heavy atom. The molecule has 0 aliphatic carbocycles. The number of benzene rings is 2. The first-order chi connectivity index (χ1) is 15.1. The predicted molar refractivity (Wildman–Crippen MR) is 128 cm³/mol. The van der Waals surface area contributed by atoms with Crippen LogP contribution >= 0.6 is 11.6 Å². The highest BCUT2D eigenvalue weighted by Gasteiger charge is 2.31. The van der Waals surface area contributed by atoms with E-state index in [-0.39, 0.29) is 12.5 Å². The van der Waals surface area contributed by atoms with E-state index in [1.165, 1.54) is 11.9 Å². The Labute approximate surface area is 195 Å². The normalized spacial score (nSPS) is 12.2. The number of nitrogens with one attached hydrogen (secondary N) is 1. The molecule has 9 heteroatoms. The summed E-state index contributed by atoms with van der Waals surface area (Å²) in [7, 11) is -2.24. The zero-order chi connectivity index (χ0) is 23.9. The molecule has 0 saturated heterocycles. The third kappa shape index (κ3) is 6.46. The van der Waals surface area contributed by atoms with E-state index in [1.54, 1.807) is 36.4 Å². The first kappa shape index (κ1) is 25.7. The third-order valence-electron chi connectivity index (χ3n) is 5.22. The summed E-state index contributed by atoms with van der Waals surface area (Å²) in [5, 5.41) is 3.15. The van der Waals surface area contributed by atoms with Gasteiger partial charge in [-0.3, -0.25) is 13.9 Å². The van der Waals surface area contributed by atoms with Crippen molar-refractivity contribution in [1.29, 1.82) is 0 Å². The van der Waals surface area contributed by atoms with E-state index >= 15 is 0 Å². The number of aryl methyl sites for hydroxylation is 1. The van der Waals surface area contributed by atoms with Gasteiger partial charge in [0.05, 0.1) is 11.9 Å². The minimum atomic E-state index is -3.75. The Bertz CT molecular complexity index is 1040. The van der Waals surface area contributed by atoms with E-state index in [0.717, 1.165) is 21.7 Å². The number of carbonyl (C=O) groups is 2. The molecule has 0 aliphatic heterocycles. The van der Waals surface area contributed by atoms with E-state index in [1.807, 2.05) is 26.0 Å². The van der Waals surface area contributed by atoms with Gasteiger partial charge in [-0.15, -0.1) is 0 Å². The maximum Gasteiger partial charge on any atom is 0.244 e. The van der Waals surface area contributed by atoms with Crippen LogP contribution in [0.15, 0.2) is 48.5 Å². The van der Waals surface area contributed by atoms with Crippen LogP contribution in [-0.4, -0.2) is 51.0 Å². The van der Waals surface area contributed by atoms with Crippen LogP contribution in [-0.2, 0) is 32.6 Å². The lowest BCUT2D eigenvalue weighted by Gasteiger charge is -2.33. The molecule has 0 radical (unpaired) electrons. The molecule has 2 amide bonds. The molecular formula is C23H30ClN3O4S. The van der Waals surface area contributed by atoms with Gasteiger partial charge in [-0.2, -0.15) is 0 Å². The molecule has 1 atom stereocenters. The van der Waals surface area contributed by atoms with E-state index in [2.05, 4.69) is 5.32 Å². The van der Waals surface area contributed by atoms with Crippen molar-refractivity contribution in [2.24, 2.45) is 0 Å². The number of hydrogen-bond acceptors (Lipinski definition) is 4. The summed E-state index contributed by atoms with van der Waals surface area (Å²) >= 11 is 5.97. The van der Waals surface area contributed by atoms with Gasteiger partial charge in [0.2, 0.25) is 21.8 Å². The smallest absolute Gasteiger partial charge is 0.244 e. The number of nitrogens with zero attached hydrogens (tertiary/aromatic N) is 2. The Morgan fingerprint density at radius 3 is 2.22 bits per heavy atom. The van der Waals surface area contributed by atoms with Crippen molar-refractivity contribution in [3.05, 3.63) is 64.7 Å². The fourth-order valence-corrected chi connectivity index (χ4v) is 4.53. The minimum absolute atomic E-state index is 0.148. The Kier molecular flexibility index (Phi) is 9.09. The molecule has 1 N–H and O–H groups in total. The van der Waals surface area contributed by atoms with Crippen molar-refractivity contribution in [1.82, 2.24) is 10.2 Å². The van der Waals surface area contributed by atoms with Crippen molar-refractivity contribution in [2.75, 3.05) is 24.2 Å². The first-order valence-corrected chi connectivity index (χ1v) is 12.7. The highest BCUT2D eigenvalue weighted by Crippen LogP contribution is 2.24. The number of hydrogen-bond donors (Lipinski definition) is 1. The number of anilines is 1. The van der Waals surface area contributed by atoms with E-state index < -0.39 is 28.5 Å². The summed E-state index contributed by atoms with van der Waals surface area (Å²) in [6.45, 7) is 3.47. The van der Waals surface area contributed by atoms with Crippen LogP contribution in [0.4, 0.5) is 5.69 Å². The summed E-state index contributed by atoms with van der Waals surface area (Å²) in [6, 6.07) is 13.3. The van der Waals surface area contributed by atoms with Gasteiger partial charge in [-0.25, -0.2) is 8.42 Å². The number of carbonyl (C=O) groups excluding carboxylic acids is 2. The van der Waals surface area contributed by atoms with E-state index in [9.17, 15) is 18.0 Å². The molecular weight excluding hydrogens is 450 g/mol. The highest BCUT2D eigenvalue weighted by molar-refractivity contribution is 7.92.